The first-order valence-corrected chi connectivity index (χ1v) is 9.05. The Morgan fingerprint density at radius 1 is 1.24 bits per heavy atom. The second-order valence-electron chi connectivity index (χ2n) is 7.66. The lowest BCUT2D eigenvalue weighted by Gasteiger charge is -2.15. The van der Waals surface area contributed by atoms with Gasteiger partial charge in [-0.05, 0) is 31.4 Å². The van der Waals surface area contributed by atoms with Crippen LogP contribution >= 0.6 is 0 Å². The summed E-state index contributed by atoms with van der Waals surface area (Å²) in [5, 5.41) is 3.06. The van der Waals surface area contributed by atoms with Crippen molar-refractivity contribution < 1.29 is 9.21 Å². The number of aromatic nitrogens is 1. The summed E-state index contributed by atoms with van der Waals surface area (Å²) >= 11 is 0. The molecule has 0 saturated carbocycles. The van der Waals surface area contributed by atoms with Gasteiger partial charge in [-0.1, -0.05) is 52.0 Å². The van der Waals surface area contributed by atoms with Crippen molar-refractivity contribution in [3.8, 4) is 0 Å². The maximum absolute atomic E-state index is 12.3. The first kappa shape index (κ1) is 19.2. The highest BCUT2D eigenvalue weighted by Gasteiger charge is 2.22. The summed E-state index contributed by atoms with van der Waals surface area (Å²) in [5.74, 6) is 1.56. The third kappa shape index (κ3) is 5.18. The van der Waals surface area contributed by atoms with Crippen molar-refractivity contribution in [3.63, 3.8) is 0 Å². The van der Waals surface area contributed by atoms with Gasteiger partial charge in [-0.3, -0.25) is 4.79 Å². The molecule has 0 aliphatic heterocycles. The Morgan fingerprint density at radius 3 is 2.40 bits per heavy atom. The molecule has 1 unspecified atom stereocenters. The fraction of sp³-hybridized carbons (Fsp3) is 0.524. The average molecular weight is 342 g/mol. The zero-order valence-electron chi connectivity index (χ0n) is 16.3. The molecule has 1 aromatic carbocycles. The van der Waals surface area contributed by atoms with Gasteiger partial charge in [-0.15, -0.1) is 0 Å². The van der Waals surface area contributed by atoms with Crippen molar-refractivity contribution in [1.82, 2.24) is 10.3 Å². The van der Waals surface area contributed by atoms with Crippen LogP contribution in [-0.2, 0) is 23.1 Å². The summed E-state index contributed by atoms with van der Waals surface area (Å²) in [6.07, 6.45) is 1.99. The molecule has 0 bridgehead atoms. The van der Waals surface area contributed by atoms with Crippen LogP contribution in [0.15, 0.2) is 28.7 Å². The summed E-state index contributed by atoms with van der Waals surface area (Å²) in [7, 11) is 0. The van der Waals surface area contributed by atoms with Gasteiger partial charge in [0, 0.05) is 18.3 Å². The SMILES string of the molecule is CCc1ccc(C(C)NC(=O)CCc2oc(C(C)(C)C)nc2C)cc1. The highest BCUT2D eigenvalue weighted by atomic mass is 16.4. The topological polar surface area (TPSA) is 55.1 Å². The average Bonchev–Trinajstić information content (AvgIpc) is 2.94. The van der Waals surface area contributed by atoms with Crippen LogP contribution in [0.2, 0.25) is 0 Å². The quantitative estimate of drug-likeness (QED) is 0.831. The Labute approximate surface area is 151 Å². The zero-order chi connectivity index (χ0) is 18.6. The van der Waals surface area contributed by atoms with Crippen molar-refractivity contribution in [3.05, 3.63) is 52.7 Å². The van der Waals surface area contributed by atoms with E-state index in [0.717, 1.165) is 29.3 Å². The number of oxazole rings is 1. The minimum Gasteiger partial charge on any atom is -0.445 e. The number of hydrogen-bond donors (Lipinski definition) is 1. The van der Waals surface area contributed by atoms with Gasteiger partial charge in [-0.2, -0.15) is 0 Å². The molecule has 4 heteroatoms. The van der Waals surface area contributed by atoms with Gasteiger partial charge >= 0.3 is 0 Å². The molecule has 0 radical (unpaired) electrons. The molecule has 0 fully saturated rings. The number of amides is 1. The summed E-state index contributed by atoms with van der Waals surface area (Å²) in [4.78, 5) is 16.8. The molecular weight excluding hydrogens is 312 g/mol. The Hall–Kier alpha value is -2.10. The molecule has 1 heterocycles. The van der Waals surface area contributed by atoms with E-state index in [2.05, 4.69) is 62.3 Å². The molecule has 0 aliphatic carbocycles. The molecule has 0 saturated heterocycles. The fourth-order valence-corrected chi connectivity index (χ4v) is 2.65. The third-order valence-electron chi connectivity index (χ3n) is 4.38. The highest BCUT2D eigenvalue weighted by Crippen LogP contribution is 2.24. The number of nitrogens with one attached hydrogen (secondary N) is 1. The molecule has 1 atom stereocenters. The Balaban J connectivity index is 1.91. The lowest BCUT2D eigenvalue weighted by atomic mass is 9.97. The molecule has 4 nitrogen and oxygen atoms in total. The maximum atomic E-state index is 12.3. The molecule has 25 heavy (non-hydrogen) atoms. The lowest BCUT2D eigenvalue weighted by molar-refractivity contribution is -0.121. The fourth-order valence-electron chi connectivity index (χ4n) is 2.65. The molecular formula is C21H30N2O2. The van der Waals surface area contributed by atoms with Gasteiger partial charge in [-0.25, -0.2) is 4.98 Å². The van der Waals surface area contributed by atoms with E-state index in [1.54, 1.807) is 0 Å². The second kappa shape index (κ2) is 7.85. The van der Waals surface area contributed by atoms with E-state index in [1.807, 2.05) is 13.8 Å². The summed E-state index contributed by atoms with van der Waals surface area (Å²) in [6.45, 7) is 12.3. The summed E-state index contributed by atoms with van der Waals surface area (Å²) < 4.78 is 5.85. The Kier molecular flexibility index (Phi) is 6.04. The van der Waals surface area contributed by atoms with Crippen molar-refractivity contribution in [2.24, 2.45) is 0 Å². The van der Waals surface area contributed by atoms with Crippen LogP contribution in [0.3, 0.4) is 0 Å². The standard InChI is InChI=1S/C21H30N2O2/c1-7-16-8-10-17(11-9-16)14(2)22-19(24)13-12-18-15(3)23-20(25-18)21(4,5)6/h8-11,14H,7,12-13H2,1-6H3,(H,22,24). The number of rotatable bonds is 6. The monoisotopic (exact) mass is 342 g/mol. The lowest BCUT2D eigenvalue weighted by Crippen LogP contribution is -2.26. The third-order valence-corrected chi connectivity index (χ3v) is 4.38. The van der Waals surface area contributed by atoms with Crippen molar-refractivity contribution >= 4 is 5.91 Å². The predicted octanol–water partition coefficient (Wildman–Crippen LogP) is 4.65. The van der Waals surface area contributed by atoms with E-state index in [9.17, 15) is 4.79 Å². The molecule has 0 aliphatic rings. The molecule has 1 amide bonds. The number of carbonyl (C=O) groups is 1. The van der Waals surface area contributed by atoms with Gasteiger partial charge in [0.15, 0.2) is 5.89 Å². The van der Waals surface area contributed by atoms with Gasteiger partial charge in [0.2, 0.25) is 5.91 Å². The van der Waals surface area contributed by atoms with Gasteiger partial charge in [0.25, 0.3) is 0 Å². The van der Waals surface area contributed by atoms with Crippen LogP contribution in [0, 0.1) is 6.92 Å². The largest absolute Gasteiger partial charge is 0.445 e. The van der Waals surface area contributed by atoms with Crippen LogP contribution < -0.4 is 5.32 Å². The number of nitrogens with zero attached hydrogens (tertiary/aromatic N) is 1. The second-order valence-corrected chi connectivity index (χ2v) is 7.66. The number of hydrogen-bond acceptors (Lipinski definition) is 3. The van der Waals surface area contributed by atoms with Crippen LogP contribution in [0.5, 0.6) is 0 Å². The van der Waals surface area contributed by atoms with Crippen LogP contribution in [0.25, 0.3) is 0 Å². The minimum absolute atomic E-state index is 0.000588. The Morgan fingerprint density at radius 2 is 1.88 bits per heavy atom. The van der Waals surface area contributed by atoms with E-state index >= 15 is 0 Å². The molecule has 1 aromatic heterocycles. The van der Waals surface area contributed by atoms with Crippen molar-refractivity contribution in [2.75, 3.05) is 0 Å². The number of aryl methyl sites for hydroxylation is 3. The predicted molar refractivity (Wildman–Crippen MR) is 101 cm³/mol. The van der Waals surface area contributed by atoms with Crippen LogP contribution in [0.1, 0.15) is 75.6 Å². The smallest absolute Gasteiger partial charge is 0.220 e. The van der Waals surface area contributed by atoms with Crippen molar-refractivity contribution in [2.45, 2.75) is 72.3 Å². The first-order chi connectivity index (χ1) is 11.7. The number of benzene rings is 1. The maximum Gasteiger partial charge on any atom is 0.220 e. The molecule has 2 aromatic rings. The summed E-state index contributed by atoms with van der Waals surface area (Å²) in [5.41, 5.74) is 3.18. The molecule has 1 N–H and O–H groups in total. The van der Waals surface area contributed by atoms with E-state index in [-0.39, 0.29) is 17.4 Å². The summed E-state index contributed by atoms with van der Waals surface area (Å²) in [6, 6.07) is 8.40. The van der Waals surface area contributed by atoms with E-state index in [0.29, 0.717) is 12.8 Å². The van der Waals surface area contributed by atoms with Gasteiger partial charge in [0.1, 0.15) is 5.76 Å². The molecule has 0 spiro atoms. The highest BCUT2D eigenvalue weighted by molar-refractivity contribution is 5.76. The van der Waals surface area contributed by atoms with Crippen LogP contribution in [0.4, 0.5) is 0 Å². The van der Waals surface area contributed by atoms with Crippen molar-refractivity contribution in [1.29, 1.82) is 0 Å². The van der Waals surface area contributed by atoms with E-state index in [4.69, 9.17) is 4.42 Å². The van der Waals surface area contributed by atoms with E-state index < -0.39 is 0 Å². The Bertz CT molecular complexity index is 708. The normalized spacial score (nSPS) is 12.9. The number of carbonyl (C=O) groups excluding carboxylic acids is 1. The minimum atomic E-state index is -0.121. The van der Waals surface area contributed by atoms with Gasteiger partial charge < -0.3 is 9.73 Å². The molecule has 2 rings (SSSR count). The van der Waals surface area contributed by atoms with Gasteiger partial charge in [0.05, 0.1) is 11.7 Å². The molecule has 136 valence electrons. The zero-order valence-corrected chi connectivity index (χ0v) is 16.3. The van der Waals surface area contributed by atoms with E-state index in [1.165, 1.54) is 5.56 Å². The van der Waals surface area contributed by atoms with Crippen LogP contribution in [-0.4, -0.2) is 10.9 Å². The first-order valence-electron chi connectivity index (χ1n) is 9.05.